The number of rotatable bonds is 3. The summed E-state index contributed by atoms with van der Waals surface area (Å²) in [6.45, 7) is 0. The molecule has 19 heavy (non-hydrogen) atoms. The first-order chi connectivity index (χ1) is 8.99. The minimum absolute atomic E-state index is 0.0162. The maximum Gasteiger partial charge on any atom is 0.290 e. The second-order valence-corrected chi connectivity index (χ2v) is 4.12. The van der Waals surface area contributed by atoms with E-state index < -0.39 is 16.5 Å². The normalized spacial score (nSPS) is 10.2. The van der Waals surface area contributed by atoms with Crippen LogP contribution in [0.2, 0.25) is 10.0 Å². The standard InChI is InChI=1S/C9H5Cl2N5O3/c10-5-1-4(2-6(7(5)11)16(18)19)8(17)14-9-12-3-13-15-9/h1-3H,(H2,12,13,14,15,17). The molecule has 0 radical (unpaired) electrons. The Kier molecular flexibility index (Phi) is 3.63. The molecule has 0 aliphatic heterocycles. The van der Waals surface area contributed by atoms with Crippen molar-refractivity contribution in [3.63, 3.8) is 0 Å². The Balaban J connectivity index is 2.35. The van der Waals surface area contributed by atoms with Crippen LogP contribution in [0.15, 0.2) is 18.5 Å². The number of nitro groups is 1. The molecule has 2 rings (SSSR count). The molecule has 1 aromatic heterocycles. The zero-order chi connectivity index (χ0) is 14.0. The van der Waals surface area contributed by atoms with Crippen molar-refractivity contribution in [3.05, 3.63) is 44.2 Å². The van der Waals surface area contributed by atoms with Crippen molar-refractivity contribution in [1.82, 2.24) is 15.2 Å². The molecule has 2 N–H and O–H groups in total. The molecule has 0 aliphatic rings. The van der Waals surface area contributed by atoms with Gasteiger partial charge in [0.2, 0.25) is 5.95 Å². The van der Waals surface area contributed by atoms with Gasteiger partial charge in [-0.05, 0) is 6.07 Å². The number of anilines is 1. The highest BCUT2D eigenvalue weighted by atomic mass is 35.5. The molecule has 0 saturated heterocycles. The highest BCUT2D eigenvalue weighted by Gasteiger charge is 2.20. The number of halogens is 2. The second-order valence-electron chi connectivity index (χ2n) is 3.34. The van der Waals surface area contributed by atoms with Gasteiger partial charge in [0.1, 0.15) is 11.3 Å². The van der Waals surface area contributed by atoms with E-state index in [0.29, 0.717) is 0 Å². The number of H-pyrrole nitrogens is 1. The van der Waals surface area contributed by atoms with E-state index in [-0.39, 0.29) is 21.6 Å². The number of amides is 1. The molecule has 0 saturated carbocycles. The number of benzene rings is 1. The molecule has 1 heterocycles. The van der Waals surface area contributed by atoms with E-state index in [4.69, 9.17) is 23.2 Å². The number of hydrogen-bond acceptors (Lipinski definition) is 5. The molecule has 1 amide bonds. The molecule has 10 heteroatoms. The van der Waals surface area contributed by atoms with E-state index >= 15 is 0 Å². The summed E-state index contributed by atoms with van der Waals surface area (Å²) in [4.78, 5) is 25.6. The fourth-order valence-corrected chi connectivity index (χ4v) is 1.68. The summed E-state index contributed by atoms with van der Waals surface area (Å²) in [5.74, 6) is -0.517. The minimum atomic E-state index is -0.723. The van der Waals surface area contributed by atoms with Gasteiger partial charge in [0.05, 0.1) is 9.95 Å². The van der Waals surface area contributed by atoms with Crippen molar-refractivity contribution in [2.45, 2.75) is 0 Å². The fourth-order valence-electron chi connectivity index (χ4n) is 1.28. The summed E-state index contributed by atoms with van der Waals surface area (Å²) >= 11 is 11.4. The van der Waals surface area contributed by atoms with Crippen molar-refractivity contribution < 1.29 is 9.72 Å². The largest absolute Gasteiger partial charge is 0.291 e. The molecular weight excluding hydrogens is 297 g/mol. The van der Waals surface area contributed by atoms with Gasteiger partial charge in [-0.2, -0.15) is 10.1 Å². The van der Waals surface area contributed by atoms with Crippen LogP contribution in [-0.4, -0.2) is 26.0 Å². The van der Waals surface area contributed by atoms with Crippen molar-refractivity contribution >= 4 is 40.7 Å². The van der Waals surface area contributed by atoms with Gasteiger partial charge in [0, 0.05) is 11.6 Å². The molecule has 0 aliphatic carbocycles. The predicted molar refractivity (Wildman–Crippen MR) is 67.5 cm³/mol. The second kappa shape index (κ2) is 5.21. The molecule has 2 aromatic rings. The van der Waals surface area contributed by atoms with E-state index in [1.807, 2.05) is 0 Å². The van der Waals surface area contributed by atoms with Crippen LogP contribution in [0.1, 0.15) is 10.4 Å². The van der Waals surface area contributed by atoms with Gasteiger partial charge >= 0.3 is 0 Å². The van der Waals surface area contributed by atoms with Crippen LogP contribution in [0.25, 0.3) is 0 Å². The van der Waals surface area contributed by atoms with Gasteiger partial charge in [0.15, 0.2) is 0 Å². The first kappa shape index (κ1) is 13.2. The molecule has 98 valence electrons. The average molecular weight is 302 g/mol. The number of carbonyl (C=O) groups is 1. The number of nitrogens with one attached hydrogen (secondary N) is 2. The first-order valence-electron chi connectivity index (χ1n) is 4.79. The van der Waals surface area contributed by atoms with Crippen molar-refractivity contribution in [2.24, 2.45) is 0 Å². The van der Waals surface area contributed by atoms with E-state index in [2.05, 4.69) is 20.5 Å². The zero-order valence-corrected chi connectivity index (χ0v) is 10.6. The number of carbonyl (C=O) groups excluding carboxylic acids is 1. The molecular formula is C9H5Cl2N5O3. The zero-order valence-electron chi connectivity index (χ0n) is 9.05. The van der Waals surface area contributed by atoms with Crippen molar-refractivity contribution in [1.29, 1.82) is 0 Å². The van der Waals surface area contributed by atoms with Crippen LogP contribution in [0, 0.1) is 10.1 Å². The lowest BCUT2D eigenvalue weighted by Gasteiger charge is -2.04. The summed E-state index contributed by atoms with van der Waals surface area (Å²) in [5, 5.41) is 18.8. The quantitative estimate of drug-likeness (QED) is 0.666. The molecule has 0 unspecified atom stereocenters. The molecule has 8 nitrogen and oxygen atoms in total. The van der Waals surface area contributed by atoms with Crippen LogP contribution >= 0.6 is 23.2 Å². The third-order valence-corrected chi connectivity index (χ3v) is 2.91. The van der Waals surface area contributed by atoms with Gasteiger partial charge < -0.3 is 0 Å². The average Bonchev–Trinajstić information content (AvgIpc) is 2.84. The van der Waals surface area contributed by atoms with Gasteiger partial charge in [-0.25, -0.2) is 5.10 Å². The Hall–Kier alpha value is -2.19. The summed E-state index contributed by atoms with van der Waals surface area (Å²) in [7, 11) is 0. The van der Waals surface area contributed by atoms with Crippen LogP contribution in [-0.2, 0) is 0 Å². The molecule has 0 bridgehead atoms. The van der Waals surface area contributed by atoms with Gasteiger partial charge in [-0.3, -0.25) is 20.2 Å². The Labute approximate surface area is 115 Å². The third-order valence-electron chi connectivity index (χ3n) is 2.11. The van der Waals surface area contributed by atoms with E-state index in [1.165, 1.54) is 12.4 Å². The molecule has 0 fully saturated rings. The number of hydrogen-bond donors (Lipinski definition) is 2. The number of nitrogens with zero attached hydrogens (tertiary/aromatic N) is 3. The van der Waals surface area contributed by atoms with Crippen molar-refractivity contribution in [2.75, 3.05) is 5.32 Å². The lowest BCUT2D eigenvalue weighted by Crippen LogP contribution is -2.13. The third kappa shape index (κ3) is 2.80. The summed E-state index contributed by atoms with van der Waals surface area (Å²) in [5.41, 5.74) is -0.464. The SMILES string of the molecule is O=C(Nc1ncn[nH]1)c1cc(Cl)c(Cl)c([N+](=O)[O-])c1. The Morgan fingerprint density at radius 2 is 2.16 bits per heavy atom. The monoisotopic (exact) mass is 301 g/mol. The van der Waals surface area contributed by atoms with E-state index in [0.717, 1.165) is 6.07 Å². The molecule has 0 spiro atoms. The predicted octanol–water partition coefficient (Wildman–Crippen LogP) is 2.27. The first-order valence-corrected chi connectivity index (χ1v) is 5.55. The van der Waals surface area contributed by atoms with Crippen LogP contribution in [0.3, 0.4) is 0 Å². The minimum Gasteiger partial charge on any atom is -0.291 e. The van der Waals surface area contributed by atoms with E-state index in [9.17, 15) is 14.9 Å². The highest BCUT2D eigenvalue weighted by Crippen LogP contribution is 2.33. The van der Waals surface area contributed by atoms with Crippen molar-refractivity contribution in [3.8, 4) is 0 Å². The number of aromatic amines is 1. The lowest BCUT2D eigenvalue weighted by molar-refractivity contribution is -0.384. The van der Waals surface area contributed by atoms with Crippen LogP contribution in [0.4, 0.5) is 11.6 Å². The smallest absolute Gasteiger partial charge is 0.290 e. The Morgan fingerprint density at radius 1 is 1.42 bits per heavy atom. The molecule has 1 aromatic carbocycles. The van der Waals surface area contributed by atoms with Gasteiger partial charge in [0.25, 0.3) is 11.6 Å². The Morgan fingerprint density at radius 3 is 2.74 bits per heavy atom. The fraction of sp³-hybridized carbons (Fsp3) is 0. The molecule has 0 atom stereocenters. The van der Waals surface area contributed by atoms with Crippen LogP contribution < -0.4 is 5.32 Å². The van der Waals surface area contributed by atoms with Crippen LogP contribution in [0.5, 0.6) is 0 Å². The van der Waals surface area contributed by atoms with Gasteiger partial charge in [-0.15, -0.1) is 0 Å². The maximum absolute atomic E-state index is 11.8. The maximum atomic E-state index is 11.8. The number of nitro benzene ring substituents is 1. The topological polar surface area (TPSA) is 114 Å². The number of aromatic nitrogens is 3. The van der Waals surface area contributed by atoms with Gasteiger partial charge in [-0.1, -0.05) is 23.2 Å². The summed E-state index contributed by atoms with van der Waals surface area (Å²) in [6.07, 6.45) is 1.20. The Bertz CT molecular complexity index is 644. The highest BCUT2D eigenvalue weighted by molar-refractivity contribution is 6.43. The summed E-state index contributed by atoms with van der Waals surface area (Å²) < 4.78 is 0. The lowest BCUT2D eigenvalue weighted by atomic mass is 10.2. The summed E-state index contributed by atoms with van der Waals surface area (Å²) in [6, 6.07) is 2.25. The van der Waals surface area contributed by atoms with E-state index in [1.54, 1.807) is 0 Å².